The average Bonchev–Trinajstić information content (AvgIpc) is 2.48. The highest BCUT2D eigenvalue weighted by Crippen LogP contribution is 2.37. The third kappa shape index (κ3) is 4.90. The van der Waals surface area contributed by atoms with Crippen LogP contribution in [-0.2, 0) is 0 Å². The summed E-state index contributed by atoms with van der Waals surface area (Å²) in [6, 6.07) is 10.3. The van der Waals surface area contributed by atoms with E-state index in [1.807, 2.05) is 41.7 Å². The fourth-order valence-corrected chi connectivity index (χ4v) is 5.31. The first kappa shape index (κ1) is 15.0. The molecule has 0 aromatic heterocycles. The van der Waals surface area contributed by atoms with Gasteiger partial charge >= 0.3 is 0 Å². The zero-order valence-corrected chi connectivity index (χ0v) is 13.0. The molecular formula is C16H22OS2. The Morgan fingerprint density at radius 1 is 1.26 bits per heavy atom. The topological polar surface area (TPSA) is 20.2 Å². The van der Waals surface area contributed by atoms with Gasteiger partial charge in [-0.05, 0) is 29.9 Å². The van der Waals surface area contributed by atoms with Crippen LogP contribution in [0.2, 0.25) is 0 Å². The molecule has 1 nitrogen and oxygen atoms in total. The molecule has 0 radical (unpaired) electrons. The summed E-state index contributed by atoms with van der Waals surface area (Å²) in [7, 11) is 0. The fraction of sp³-hybridized carbons (Fsp3) is 0.500. The van der Waals surface area contributed by atoms with Gasteiger partial charge in [0.1, 0.15) is 0 Å². The van der Waals surface area contributed by atoms with Crippen LogP contribution < -0.4 is 0 Å². The molecule has 0 unspecified atom stereocenters. The number of benzene rings is 1. The summed E-state index contributed by atoms with van der Waals surface area (Å²) in [6.45, 7) is 2.18. The Bertz CT molecular complexity index is 385. The van der Waals surface area contributed by atoms with Crippen molar-refractivity contribution in [3.8, 4) is 0 Å². The maximum Gasteiger partial charge on any atom is 0.0618 e. The van der Waals surface area contributed by atoms with Gasteiger partial charge in [-0.3, -0.25) is 0 Å². The number of hydrogen-bond donors (Lipinski definition) is 1. The predicted octanol–water partition coefficient (Wildman–Crippen LogP) is 4.28. The summed E-state index contributed by atoms with van der Waals surface area (Å²) in [4.78, 5) is 0. The van der Waals surface area contributed by atoms with E-state index in [-0.39, 0.29) is 6.10 Å². The average molecular weight is 294 g/mol. The molecule has 1 heterocycles. The lowest BCUT2D eigenvalue weighted by molar-refractivity contribution is 0.127. The summed E-state index contributed by atoms with van der Waals surface area (Å²) >= 11 is 4.02. The minimum Gasteiger partial charge on any atom is -0.392 e. The van der Waals surface area contributed by atoms with Crippen LogP contribution in [0.5, 0.6) is 0 Å². The highest BCUT2D eigenvalue weighted by Gasteiger charge is 2.26. The van der Waals surface area contributed by atoms with Crippen molar-refractivity contribution in [3.63, 3.8) is 0 Å². The molecule has 1 aromatic rings. The Hall–Kier alpha value is -0.380. The Kier molecular flexibility index (Phi) is 6.35. The number of thioether (sulfide) groups is 2. The monoisotopic (exact) mass is 294 g/mol. The molecule has 1 aromatic carbocycles. The first-order valence-corrected chi connectivity index (χ1v) is 9.00. The van der Waals surface area contributed by atoms with Crippen molar-refractivity contribution in [2.24, 2.45) is 5.92 Å². The molecule has 0 bridgehead atoms. The van der Waals surface area contributed by atoms with Crippen molar-refractivity contribution in [1.29, 1.82) is 0 Å². The molecule has 2 atom stereocenters. The molecule has 1 N–H and O–H groups in total. The van der Waals surface area contributed by atoms with Crippen molar-refractivity contribution >= 4 is 29.6 Å². The van der Waals surface area contributed by atoms with Crippen LogP contribution in [0.4, 0.5) is 0 Å². The third-order valence-electron chi connectivity index (χ3n) is 3.38. The number of hydrogen-bond acceptors (Lipinski definition) is 3. The largest absolute Gasteiger partial charge is 0.392 e. The van der Waals surface area contributed by atoms with Crippen molar-refractivity contribution in [2.45, 2.75) is 30.5 Å². The van der Waals surface area contributed by atoms with E-state index in [0.717, 1.165) is 6.42 Å². The van der Waals surface area contributed by atoms with Crippen LogP contribution in [0.15, 0.2) is 36.4 Å². The van der Waals surface area contributed by atoms with E-state index in [9.17, 15) is 5.11 Å². The Morgan fingerprint density at radius 3 is 2.63 bits per heavy atom. The minimum absolute atomic E-state index is 0.233. The zero-order chi connectivity index (χ0) is 13.5. The molecule has 1 aliphatic heterocycles. The summed E-state index contributed by atoms with van der Waals surface area (Å²) < 4.78 is 0.564. The maximum atomic E-state index is 10.3. The van der Waals surface area contributed by atoms with Gasteiger partial charge in [-0.25, -0.2) is 0 Å². The lowest BCUT2D eigenvalue weighted by atomic mass is 10.0. The smallest absolute Gasteiger partial charge is 0.0618 e. The van der Waals surface area contributed by atoms with E-state index in [4.69, 9.17) is 0 Å². The molecule has 19 heavy (non-hydrogen) atoms. The molecule has 1 saturated heterocycles. The predicted molar refractivity (Wildman–Crippen MR) is 88.6 cm³/mol. The lowest BCUT2D eigenvalue weighted by Crippen LogP contribution is -2.27. The van der Waals surface area contributed by atoms with E-state index in [2.05, 4.69) is 31.2 Å². The van der Waals surface area contributed by atoms with Gasteiger partial charge in [0.2, 0.25) is 0 Å². The number of aliphatic hydroxyl groups excluding tert-OH is 1. The van der Waals surface area contributed by atoms with Crippen LogP contribution in [0.1, 0.15) is 25.3 Å². The molecule has 3 heteroatoms. The Balaban J connectivity index is 1.80. The molecule has 0 amide bonds. The summed E-state index contributed by atoms with van der Waals surface area (Å²) in [5.41, 5.74) is 1.20. The molecule has 104 valence electrons. The lowest BCUT2D eigenvalue weighted by Gasteiger charge is -2.29. The maximum absolute atomic E-state index is 10.3. The van der Waals surface area contributed by atoms with Crippen molar-refractivity contribution in [2.75, 3.05) is 11.5 Å². The van der Waals surface area contributed by atoms with E-state index >= 15 is 0 Å². The third-order valence-corrected chi connectivity index (χ3v) is 6.76. The van der Waals surface area contributed by atoms with Gasteiger partial charge in [0.05, 0.1) is 10.7 Å². The van der Waals surface area contributed by atoms with Gasteiger partial charge in [-0.1, -0.05) is 49.4 Å². The first-order valence-electron chi connectivity index (χ1n) is 6.90. The molecule has 0 saturated carbocycles. The van der Waals surface area contributed by atoms with Gasteiger partial charge in [0.15, 0.2) is 0 Å². The minimum atomic E-state index is -0.233. The molecule has 2 rings (SSSR count). The van der Waals surface area contributed by atoms with Gasteiger partial charge in [-0.15, -0.1) is 23.5 Å². The van der Waals surface area contributed by atoms with E-state index in [1.54, 1.807) is 0 Å². The number of aliphatic hydroxyl groups is 1. The van der Waals surface area contributed by atoms with Gasteiger partial charge in [-0.2, -0.15) is 0 Å². The van der Waals surface area contributed by atoms with Crippen LogP contribution in [0.3, 0.4) is 0 Å². The van der Waals surface area contributed by atoms with E-state index < -0.39 is 0 Å². The second kappa shape index (κ2) is 8.03. The van der Waals surface area contributed by atoms with Crippen LogP contribution in [-0.4, -0.2) is 27.3 Å². The van der Waals surface area contributed by atoms with Crippen LogP contribution >= 0.6 is 23.5 Å². The fourth-order valence-electron chi connectivity index (χ4n) is 2.11. The Labute approximate surface area is 124 Å². The number of rotatable bonds is 5. The van der Waals surface area contributed by atoms with Crippen molar-refractivity contribution in [1.82, 2.24) is 0 Å². The summed E-state index contributed by atoms with van der Waals surface area (Å²) in [6.07, 6.45) is 6.00. The normalized spacial score (nSPS) is 20.5. The molecule has 0 spiro atoms. The SMILES string of the molecule is C[C@H](C1SCCCS1)[C@H](O)C/C=C/c1ccccc1. The second-order valence-corrected chi connectivity index (χ2v) is 7.74. The van der Waals surface area contributed by atoms with E-state index in [0.29, 0.717) is 10.5 Å². The van der Waals surface area contributed by atoms with Gasteiger partial charge < -0.3 is 5.11 Å². The van der Waals surface area contributed by atoms with Crippen LogP contribution in [0.25, 0.3) is 6.08 Å². The quantitative estimate of drug-likeness (QED) is 0.875. The molecule has 1 aliphatic rings. The molecule has 1 fully saturated rings. The first-order chi connectivity index (χ1) is 9.27. The van der Waals surface area contributed by atoms with Gasteiger partial charge in [0.25, 0.3) is 0 Å². The molecular weight excluding hydrogens is 272 g/mol. The highest BCUT2D eigenvalue weighted by atomic mass is 32.2. The highest BCUT2D eigenvalue weighted by molar-refractivity contribution is 8.17. The van der Waals surface area contributed by atoms with Crippen molar-refractivity contribution < 1.29 is 5.11 Å². The van der Waals surface area contributed by atoms with E-state index in [1.165, 1.54) is 23.5 Å². The standard InChI is InChI=1S/C16H22OS2/c1-13(16-18-11-6-12-19-16)15(17)10-5-9-14-7-3-2-4-8-14/h2-5,7-9,13,15-17H,6,10-12H2,1H3/b9-5+/t13-,15+/m0/s1. The second-order valence-electron chi connectivity index (χ2n) is 4.94. The summed E-state index contributed by atoms with van der Waals surface area (Å²) in [5.74, 6) is 2.85. The van der Waals surface area contributed by atoms with Crippen molar-refractivity contribution in [3.05, 3.63) is 42.0 Å². The van der Waals surface area contributed by atoms with Crippen LogP contribution in [0, 0.1) is 5.92 Å². The molecule has 0 aliphatic carbocycles. The Morgan fingerprint density at radius 2 is 1.95 bits per heavy atom. The summed E-state index contributed by atoms with van der Waals surface area (Å²) in [5, 5.41) is 10.3. The van der Waals surface area contributed by atoms with Gasteiger partial charge in [0, 0.05) is 5.92 Å². The zero-order valence-electron chi connectivity index (χ0n) is 11.4.